The molecule has 0 heterocycles. The summed E-state index contributed by atoms with van der Waals surface area (Å²) in [4.78, 5) is 11.6. The Balaban J connectivity index is 1.82. The van der Waals surface area contributed by atoms with Crippen LogP contribution in [-0.4, -0.2) is 12.6 Å². The molecule has 17 heavy (non-hydrogen) atoms. The highest BCUT2D eigenvalue weighted by atomic mass is 16.5. The van der Waals surface area contributed by atoms with Crippen molar-refractivity contribution in [2.45, 2.75) is 6.42 Å². The monoisotopic (exact) mass is 225 g/mol. The van der Waals surface area contributed by atoms with E-state index >= 15 is 0 Å². The Morgan fingerprint density at radius 1 is 1.06 bits per heavy atom. The van der Waals surface area contributed by atoms with Crippen LogP contribution in [0, 0.1) is 6.07 Å². The highest BCUT2D eigenvalue weighted by Gasteiger charge is 2.05. The lowest BCUT2D eigenvalue weighted by molar-refractivity contribution is 0.0509. The van der Waals surface area contributed by atoms with E-state index in [1.807, 2.05) is 42.5 Å². The van der Waals surface area contributed by atoms with Gasteiger partial charge >= 0.3 is 5.97 Å². The Morgan fingerprint density at radius 3 is 2.47 bits per heavy atom. The predicted molar refractivity (Wildman–Crippen MR) is 65.7 cm³/mol. The fourth-order valence-corrected chi connectivity index (χ4v) is 1.51. The summed E-state index contributed by atoms with van der Waals surface area (Å²) in [5.41, 5.74) is 1.73. The second kappa shape index (κ2) is 5.85. The van der Waals surface area contributed by atoms with Crippen molar-refractivity contribution in [3.63, 3.8) is 0 Å². The van der Waals surface area contributed by atoms with Gasteiger partial charge in [0.2, 0.25) is 0 Å². The maximum Gasteiger partial charge on any atom is 0.338 e. The predicted octanol–water partition coefficient (Wildman–Crippen LogP) is 2.89. The molecule has 2 rings (SSSR count). The van der Waals surface area contributed by atoms with Crippen LogP contribution in [0.3, 0.4) is 0 Å². The van der Waals surface area contributed by atoms with Crippen molar-refractivity contribution in [3.8, 4) is 0 Å². The fourth-order valence-electron chi connectivity index (χ4n) is 1.51. The minimum Gasteiger partial charge on any atom is -0.462 e. The second-order valence-corrected chi connectivity index (χ2v) is 3.66. The summed E-state index contributed by atoms with van der Waals surface area (Å²) >= 11 is 0. The standard InChI is InChI=1S/C15H13O2/c16-15(14-9-5-2-6-10-14)17-12-11-13-7-3-1-4-8-13/h2-10H,11-12H2. The van der Waals surface area contributed by atoms with E-state index in [0.29, 0.717) is 12.2 Å². The van der Waals surface area contributed by atoms with E-state index in [4.69, 9.17) is 4.74 Å². The average Bonchev–Trinajstić information content (AvgIpc) is 2.41. The van der Waals surface area contributed by atoms with Gasteiger partial charge in [-0.05, 0) is 23.8 Å². The van der Waals surface area contributed by atoms with Gasteiger partial charge in [0, 0.05) is 6.42 Å². The first-order chi connectivity index (χ1) is 8.36. The van der Waals surface area contributed by atoms with Gasteiger partial charge in [-0.25, -0.2) is 4.79 Å². The molecule has 0 fully saturated rings. The molecule has 2 heteroatoms. The van der Waals surface area contributed by atoms with Gasteiger partial charge in [0.1, 0.15) is 0 Å². The Hall–Kier alpha value is -2.09. The molecule has 0 atom stereocenters. The van der Waals surface area contributed by atoms with E-state index in [9.17, 15) is 4.79 Å². The van der Waals surface area contributed by atoms with Gasteiger partial charge in [-0.1, -0.05) is 42.5 Å². The summed E-state index contributed by atoms with van der Waals surface area (Å²) in [7, 11) is 0. The third-order valence-corrected chi connectivity index (χ3v) is 2.42. The number of hydrogen-bond donors (Lipinski definition) is 0. The summed E-state index contributed by atoms with van der Waals surface area (Å²) in [6, 6.07) is 19.6. The lowest BCUT2D eigenvalue weighted by atomic mass is 10.2. The molecule has 2 nitrogen and oxygen atoms in total. The normalized spacial score (nSPS) is 9.88. The largest absolute Gasteiger partial charge is 0.462 e. The number of esters is 1. The van der Waals surface area contributed by atoms with Gasteiger partial charge in [0.05, 0.1) is 12.2 Å². The molecule has 85 valence electrons. The quantitative estimate of drug-likeness (QED) is 0.748. The first-order valence-corrected chi connectivity index (χ1v) is 5.53. The first kappa shape index (κ1) is 11.4. The Labute approximate surface area is 101 Å². The topological polar surface area (TPSA) is 26.3 Å². The third-order valence-electron chi connectivity index (χ3n) is 2.42. The van der Waals surface area contributed by atoms with Crippen LogP contribution >= 0.6 is 0 Å². The van der Waals surface area contributed by atoms with Crippen LogP contribution in [0.15, 0.2) is 54.6 Å². The van der Waals surface area contributed by atoms with E-state index in [0.717, 1.165) is 12.0 Å². The van der Waals surface area contributed by atoms with E-state index in [1.54, 1.807) is 12.1 Å². The molecule has 0 aliphatic carbocycles. The molecule has 0 aliphatic rings. The summed E-state index contributed by atoms with van der Waals surface area (Å²) in [6.07, 6.45) is 0.729. The maximum atomic E-state index is 11.6. The van der Waals surface area contributed by atoms with E-state index < -0.39 is 0 Å². The molecular formula is C15H13O2. The number of rotatable bonds is 4. The van der Waals surface area contributed by atoms with Gasteiger partial charge in [-0.2, -0.15) is 0 Å². The minimum absolute atomic E-state index is 0.270. The molecule has 1 radical (unpaired) electrons. The molecule has 0 amide bonds. The number of hydrogen-bond acceptors (Lipinski definition) is 2. The van der Waals surface area contributed by atoms with Gasteiger partial charge in [0.15, 0.2) is 0 Å². The Kier molecular flexibility index (Phi) is 3.92. The van der Waals surface area contributed by atoms with Gasteiger partial charge < -0.3 is 4.74 Å². The van der Waals surface area contributed by atoms with E-state index in [2.05, 4.69) is 6.07 Å². The van der Waals surface area contributed by atoms with E-state index in [-0.39, 0.29) is 5.97 Å². The summed E-state index contributed by atoms with van der Waals surface area (Å²) in [5, 5.41) is 0. The number of benzene rings is 2. The van der Waals surface area contributed by atoms with Crippen LogP contribution in [0.25, 0.3) is 0 Å². The van der Waals surface area contributed by atoms with Crippen molar-refractivity contribution < 1.29 is 9.53 Å². The second-order valence-electron chi connectivity index (χ2n) is 3.66. The first-order valence-electron chi connectivity index (χ1n) is 5.53. The molecule has 0 saturated heterocycles. The number of carbonyl (C=O) groups excluding carboxylic acids is 1. The molecule has 2 aromatic carbocycles. The molecule has 0 aliphatic heterocycles. The van der Waals surface area contributed by atoms with Crippen LogP contribution in [-0.2, 0) is 11.2 Å². The number of ether oxygens (including phenoxy) is 1. The molecule has 0 bridgehead atoms. The molecule has 2 aromatic rings. The van der Waals surface area contributed by atoms with Gasteiger partial charge in [-0.15, -0.1) is 0 Å². The average molecular weight is 225 g/mol. The maximum absolute atomic E-state index is 11.6. The summed E-state index contributed by atoms with van der Waals surface area (Å²) < 4.78 is 5.18. The smallest absolute Gasteiger partial charge is 0.338 e. The molecular weight excluding hydrogens is 212 g/mol. The van der Waals surface area contributed by atoms with Crippen molar-refractivity contribution in [1.82, 2.24) is 0 Å². The summed E-state index contributed by atoms with van der Waals surface area (Å²) in [6.45, 7) is 0.401. The van der Waals surface area contributed by atoms with Crippen molar-refractivity contribution in [2.24, 2.45) is 0 Å². The molecule has 0 aromatic heterocycles. The zero-order valence-electron chi connectivity index (χ0n) is 9.43. The SMILES string of the molecule is O=C(OCCc1cc[c]cc1)c1ccccc1. The molecule has 0 unspecified atom stereocenters. The van der Waals surface area contributed by atoms with E-state index in [1.165, 1.54) is 0 Å². The van der Waals surface area contributed by atoms with Crippen LogP contribution in [0.1, 0.15) is 15.9 Å². The van der Waals surface area contributed by atoms with Gasteiger partial charge in [0.25, 0.3) is 0 Å². The number of carbonyl (C=O) groups is 1. The Bertz CT molecular complexity index is 463. The lowest BCUT2D eigenvalue weighted by Crippen LogP contribution is -2.07. The zero-order valence-corrected chi connectivity index (χ0v) is 9.43. The lowest BCUT2D eigenvalue weighted by Gasteiger charge is -2.04. The zero-order chi connectivity index (χ0) is 11.9. The van der Waals surface area contributed by atoms with Crippen molar-refractivity contribution in [3.05, 3.63) is 71.8 Å². The van der Waals surface area contributed by atoms with Crippen molar-refractivity contribution >= 4 is 5.97 Å². The highest BCUT2D eigenvalue weighted by Crippen LogP contribution is 2.03. The summed E-state index contributed by atoms with van der Waals surface area (Å²) in [5.74, 6) is -0.270. The minimum atomic E-state index is -0.270. The third kappa shape index (κ3) is 3.45. The molecule has 0 N–H and O–H groups in total. The van der Waals surface area contributed by atoms with Gasteiger partial charge in [-0.3, -0.25) is 0 Å². The Morgan fingerprint density at radius 2 is 1.76 bits per heavy atom. The van der Waals surface area contributed by atoms with Crippen LogP contribution in [0.2, 0.25) is 0 Å². The van der Waals surface area contributed by atoms with Crippen LogP contribution in [0.4, 0.5) is 0 Å². The van der Waals surface area contributed by atoms with Crippen molar-refractivity contribution in [2.75, 3.05) is 6.61 Å². The van der Waals surface area contributed by atoms with Crippen LogP contribution < -0.4 is 0 Å². The van der Waals surface area contributed by atoms with Crippen molar-refractivity contribution in [1.29, 1.82) is 0 Å². The van der Waals surface area contributed by atoms with Crippen LogP contribution in [0.5, 0.6) is 0 Å². The molecule has 0 spiro atoms. The highest BCUT2D eigenvalue weighted by molar-refractivity contribution is 5.89. The fraction of sp³-hybridized carbons (Fsp3) is 0.133. The molecule has 0 saturated carbocycles.